The zero-order chi connectivity index (χ0) is 13.1. The summed E-state index contributed by atoms with van der Waals surface area (Å²) >= 11 is 0. The highest BCUT2D eigenvalue weighted by Crippen LogP contribution is 2.36. The van der Waals surface area contributed by atoms with E-state index < -0.39 is 0 Å². The molecule has 1 rings (SSSR count). The highest BCUT2D eigenvalue weighted by atomic mass is 16.5. The first-order chi connectivity index (χ1) is 7.74. The Bertz CT molecular complexity index is 366. The maximum atomic E-state index is 5.24. The molecule has 0 unspecified atom stereocenters. The van der Waals surface area contributed by atoms with Gasteiger partial charge in [-0.3, -0.25) is 0 Å². The van der Waals surface area contributed by atoms with Crippen LogP contribution in [0.1, 0.15) is 46.6 Å². The van der Waals surface area contributed by atoms with Crippen LogP contribution in [0.4, 0.5) is 0 Å². The molecule has 0 atom stereocenters. The van der Waals surface area contributed by atoms with Crippen molar-refractivity contribution in [1.29, 1.82) is 0 Å². The Labute approximate surface area is 106 Å². The average molecular weight is 232 g/mol. The number of rotatable bonds is 4. The van der Waals surface area contributed by atoms with Crippen molar-refractivity contribution < 1.29 is 4.74 Å². The van der Waals surface area contributed by atoms with Crippen molar-refractivity contribution in [2.24, 2.45) is 5.41 Å². The van der Waals surface area contributed by atoms with Gasteiger partial charge in [0.05, 0.1) is 6.26 Å². The Kier molecular flexibility index (Phi) is 4.03. The third kappa shape index (κ3) is 4.26. The zero-order valence-corrected chi connectivity index (χ0v) is 11.7. The van der Waals surface area contributed by atoms with Gasteiger partial charge in [-0.25, -0.2) is 0 Å². The molecular formula is C16H24O. The summed E-state index contributed by atoms with van der Waals surface area (Å²) in [4.78, 5) is 0. The lowest BCUT2D eigenvalue weighted by molar-refractivity contribution is 0.284. The van der Waals surface area contributed by atoms with Crippen LogP contribution in [-0.2, 0) is 5.41 Å². The van der Waals surface area contributed by atoms with Crippen LogP contribution >= 0.6 is 0 Å². The average Bonchev–Trinajstić information content (AvgIpc) is 2.15. The van der Waals surface area contributed by atoms with Crippen LogP contribution in [0.2, 0.25) is 0 Å². The van der Waals surface area contributed by atoms with Crippen LogP contribution in [0.3, 0.4) is 0 Å². The molecule has 0 aliphatic rings. The summed E-state index contributed by atoms with van der Waals surface area (Å²) in [5.74, 6) is 0.843. The van der Waals surface area contributed by atoms with Gasteiger partial charge in [-0.05, 0) is 34.9 Å². The van der Waals surface area contributed by atoms with Crippen LogP contribution in [0.5, 0.6) is 5.75 Å². The Hall–Kier alpha value is -1.24. The molecule has 0 fully saturated rings. The molecule has 0 aromatic heterocycles. The SMILES string of the molecule is C=COc1ccc(C(C)(C)CC(C)(C)C)cc1. The van der Waals surface area contributed by atoms with Gasteiger partial charge in [0.1, 0.15) is 5.75 Å². The summed E-state index contributed by atoms with van der Waals surface area (Å²) < 4.78 is 5.24. The van der Waals surface area contributed by atoms with Crippen LogP contribution < -0.4 is 4.74 Å². The first-order valence-electron chi connectivity index (χ1n) is 6.13. The molecule has 0 spiro atoms. The molecule has 17 heavy (non-hydrogen) atoms. The summed E-state index contributed by atoms with van der Waals surface area (Å²) in [6.45, 7) is 15.0. The van der Waals surface area contributed by atoms with Gasteiger partial charge in [0.2, 0.25) is 0 Å². The lowest BCUT2D eigenvalue weighted by Crippen LogP contribution is -2.24. The monoisotopic (exact) mass is 232 g/mol. The maximum absolute atomic E-state index is 5.24. The second-order valence-corrected chi connectivity index (χ2v) is 6.43. The first-order valence-corrected chi connectivity index (χ1v) is 6.13. The third-order valence-electron chi connectivity index (χ3n) is 2.83. The molecule has 0 heterocycles. The topological polar surface area (TPSA) is 9.23 Å². The quantitative estimate of drug-likeness (QED) is 0.669. The minimum atomic E-state index is 0.185. The van der Waals surface area contributed by atoms with E-state index in [1.54, 1.807) is 0 Å². The Morgan fingerprint density at radius 3 is 2.00 bits per heavy atom. The molecule has 0 aliphatic heterocycles. The molecule has 0 amide bonds. The fourth-order valence-electron chi connectivity index (χ4n) is 2.51. The summed E-state index contributed by atoms with van der Waals surface area (Å²) in [5, 5.41) is 0. The van der Waals surface area contributed by atoms with Gasteiger partial charge in [-0.1, -0.05) is 53.3 Å². The van der Waals surface area contributed by atoms with Gasteiger partial charge in [-0.2, -0.15) is 0 Å². The van der Waals surface area contributed by atoms with Gasteiger partial charge in [0, 0.05) is 0 Å². The molecular weight excluding hydrogens is 208 g/mol. The number of hydrogen-bond donors (Lipinski definition) is 0. The Morgan fingerprint density at radius 2 is 1.59 bits per heavy atom. The van der Waals surface area contributed by atoms with Crippen molar-refractivity contribution >= 4 is 0 Å². The molecule has 1 aromatic rings. The van der Waals surface area contributed by atoms with Crippen molar-refractivity contribution in [3.63, 3.8) is 0 Å². The lowest BCUT2D eigenvalue weighted by Gasteiger charge is -2.33. The van der Waals surface area contributed by atoms with E-state index in [-0.39, 0.29) is 5.41 Å². The normalized spacial score (nSPS) is 12.3. The Balaban J connectivity index is 2.87. The molecule has 0 bridgehead atoms. The smallest absolute Gasteiger partial charge is 0.126 e. The van der Waals surface area contributed by atoms with Crippen molar-refractivity contribution in [1.82, 2.24) is 0 Å². The van der Waals surface area contributed by atoms with Crippen molar-refractivity contribution in [3.8, 4) is 5.75 Å². The summed E-state index contributed by atoms with van der Waals surface area (Å²) in [6.07, 6.45) is 2.61. The predicted octanol–water partition coefficient (Wildman–Crippen LogP) is 4.92. The number of ether oxygens (including phenoxy) is 1. The maximum Gasteiger partial charge on any atom is 0.126 e. The molecule has 1 nitrogen and oxygen atoms in total. The van der Waals surface area contributed by atoms with Gasteiger partial charge in [0.15, 0.2) is 0 Å². The zero-order valence-electron chi connectivity index (χ0n) is 11.7. The lowest BCUT2D eigenvalue weighted by atomic mass is 9.72. The van der Waals surface area contributed by atoms with Gasteiger partial charge in [0.25, 0.3) is 0 Å². The van der Waals surface area contributed by atoms with Gasteiger partial charge >= 0.3 is 0 Å². The van der Waals surface area contributed by atoms with Crippen molar-refractivity contribution in [3.05, 3.63) is 42.7 Å². The molecule has 1 aromatic carbocycles. The molecule has 94 valence electrons. The Morgan fingerprint density at radius 1 is 1.06 bits per heavy atom. The third-order valence-corrected chi connectivity index (χ3v) is 2.83. The van der Waals surface area contributed by atoms with Crippen molar-refractivity contribution in [2.75, 3.05) is 0 Å². The fourth-order valence-corrected chi connectivity index (χ4v) is 2.51. The highest BCUT2D eigenvalue weighted by molar-refractivity contribution is 5.32. The fraction of sp³-hybridized carbons (Fsp3) is 0.500. The summed E-state index contributed by atoms with van der Waals surface area (Å²) in [7, 11) is 0. The van der Waals surface area contributed by atoms with E-state index in [0.29, 0.717) is 5.41 Å². The number of hydrogen-bond acceptors (Lipinski definition) is 1. The first kappa shape index (κ1) is 13.8. The van der Waals surface area contributed by atoms with E-state index in [4.69, 9.17) is 4.74 Å². The van der Waals surface area contributed by atoms with Crippen LogP contribution in [0.25, 0.3) is 0 Å². The molecule has 0 aliphatic carbocycles. The minimum absolute atomic E-state index is 0.185. The van der Waals surface area contributed by atoms with Crippen LogP contribution in [-0.4, -0.2) is 0 Å². The van der Waals surface area contributed by atoms with Gasteiger partial charge in [-0.15, -0.1) is 0 Å². The van der Waals surface area contributed by atoms with E-state index in [1.165, 1.54) is 11.8 Å². The summed E-state index contributed by atoms with van der Waals surface area (Å²) in [5.41, 5.74) is 1.87. The van der Waals surface area contributed by atoms with E-state index in [1.807, 2.05) is 12.1 Å². The van der Waals surface area contributed by atoms with E-state index >= 15 is 0 Å². The second kappa shape index (κ2) is 4.95. The standard InChI is InChI=1S/C16H24O/c1-7-17-14-10-8-13(9-11-14)16(5,6)12-15(2,3)4/h7-11H,1,12H2,2-6H3. The van der Waals surface area contributed by atoms with E-state index in [9.17, 15) is 0 Å². The van der Waals surface area contributed by atoms with Crippen LogP contribution in [0, 0.1) is 5.41 Å². The largest absolute Gasteiger partial charge is 0.466 e. The highest BCUT2D eigenvalue weighted by Gasteiger charge is 2.26. The molecule has 0 radical (unpaired) electrons. The van der Waals surface area contributed by atoms with Gasteiger partial charge < -0.3 is 4.74 Å². The predicted molar refractivity (Wildman–Crippen MR) is 74.4 cm³/mol. The molecule has 0 saturated heterocycles. The van der Waals surface area contributed by atoms with Crippen LogP contribution in [0.15, 0.2) is 37.1 Å². The second-order valence-electron chi connectivity index (χ2n) is 6.43. The molecule has 0 N–H and O–H groups in total. The van der Waals surface area contributed by atoms with E-state index in [0.717, 1.165) is 12.2 Å². The van der Waals surface area contributed by atoms with Crippen molar-refractivity contribution in [2.45, 2.75) is 46.5 Å². The minimum Gasteiger partial charge on any atom is -0.466 e. The molecule has 0 saturated carbocycles. The molecule has 1 heteroatoms. The summed E-state index contributed by atoms with van der Waals surface area (Å²) in [6, 6.07) is 8.29. The number of benzene rings is 1. The van der Waals surface area contributed by atoms with E-state index in [2.05, 4.69) is 53.3 Å².